The topological polar surface area (TPSA) is 46.3 Å². The Kier molecular flexibility index (Phi) is 4.22. The SMILES string of the molecule is CN(Cc1ccsc1)C(=O)c1cc(C(F)(F)F)ccc1N. The molecule has 0 bridgehead atoms. The maximum Gasteiger partial charge on any atom is 0.416 e. The van der Waals surface area contributed by atoms with E-state index in [2.05, 4.69) is 0 Å². The zero-order chi connectivity index (χ0) is 15.6. The summed E-state index contributed by atoms with van der Waals surface area (Å²) in [6, 6.07) is 4.62. The number of rotatable bonds is 3. The fourth-order valence-electron chi connectivity index (χ4n) is 1.85. The lowest BCUT2D eigenvalue weighted by molar-refractivity contribution is -0.137. The maximum atomic E-state index is 12.7. The standard InChI is InChI=1S/C14H13F3N2OS/c1-19(7-9-4-5-21-8-9)13(20)11-6-10(14(15,16)17)2-3-12(11)18/h2-6,8H,7,18H2,1H3. The molecule has 7 heteroatoms. The molecule has 2 N–H and O–H groups in total. The Morgan fingerprint density at radius 2 is 2.05 bits per heavy atom. The van der Waals surface area contributed by atoms with E-state index in [4.69, 9.17) is 5.73 Å². The van der Waals surface area contributed by atoms with Crippen LogP contribution in [0.2, 0.25) is 0 Å². The number of alkyl halides is 3. The van der Waals surface area contributed by atoms with E-state index in [1.54, 1.807) is 0 Å². The van der Waals surface area contributed by atoms with Crippen molar-refractivity contribution in [3.05, 3.63) is 51.7 Å². The summed E-state index contributed by atoms with van der Waals surface area (Å²) in [7, 11) is 1.53. The molecular formula is C14H13F3N2OS. The fraction of sp³-hybridized carbons (Fsp3) is 0.214. The van der Waals surface area contributed by atoms with Gasteiger partial charge >= 0.3 is 6.18 Å². The van der Waals surface area contributed by atoms with E-state index < -0.39 is 17.6 Å². The summed E-state index contributed by atoms with van der Waals surface area (Å²) in [6.07, 6.45) is -4.51. The van der Waals surface area contributed by atoms with Gasteiger partial charge in [-0.2, -0.15) is 24.5 Å². The molecule has 2 rings (SSSR count). The van der Waals surface area contributed by atoms with Crippen molar-refractivity contribution < 1.29 is 18.0 Å². The minimum atomic E-state index is -4.51. The number of nitrogens with zero attached hydrogens (tertiary/aromatic N) is 1. The van der Waals surface area contributed by atoms with Crippen LogP contribution in [0.5, 0.6) is 0 Å². The minimum Gasteiger partial charge on any atom is -0.398 e. The highest BCUT2D eigenvalue weighted by Crippen LogP contribution is 2.31. The van der Waals surface area contributed by atoms with Gasteiger partial charge in [-0.3, -0.25) is 4.79 Å². The average molecular weight is 314 g/mol. The third-order valence-electron chi connectivity index (χ3n) is 2.96. The van der Waals surface area contributed by atoms with Gasteiger partial charge in [0.1, 0.15) is 0 Å². The van der Waals surface area contributed by atoms with Crippen LogP contribution in [-0.2, 0) is 12.7 Å². The zero-order valence-corrected chi connectivity index (χ0v) is 12.0. The normalized spacial score (nSPS) is 11.4. The monoisotopic (exact) mass is 314 g/mol. The molecule has 21 heavy (non-hydrogen) atoms. The van der Waals surface area contributed by atoms with Gasteiger partial charge in [-0.05, 0) is 40.6 Å². The van der Waals surface area contributed by atoms with Crippen molar-refractivity contribution in [1.29, 1.82) is 0 Å². The van der Waals surface area contributed by atoms with E-state index in [-0.39, 0.29) is 11.3 Å². The number of thiophene rings is 1. The third kappa shape index (κ3) is 3.55. The largest absolute Gasteiger partial charge is 0.416 e. The van der Waals surface area contributed by atoms with Crippen LogP contribution >= 0.6 is 11.3 Å². The quantitative estimate of drug-likeness (QED) is 0.880. The zero-order valence-electron chi connectivity index (χ0n) is 11.1. The number of hydrogen-bond donors (Lipinski definition) is 1. The molecule has 1 aromatic heterocycles. The summed E-state index contributed by atoms with van der Waals surface area (Å²) in [5, 5.41) is 3.74. The van der Waals surface area contributed by atoms with Crippen LogP contribution in [-0.4, -0.2) is 17.9 Å². The lowest BCUT2D eigenvalue weighted by atomic mass is 10.1. The number of amides is 1. The van der Waals surface area contributed by atoms with Gasteiger partial charge in [0.25, 0.3) is 5.91 Å². The molecule has 0 aliphatic heterocycles. The molecule has 0 unspecified atom stereocenters. The molecule has 1 amide bonds. The molecule has 0 saturated carbocycles. The molecule has 2 aromatic rings. The molecule has 112 valence electrons. The van der Waals surface area contributed by atoms with Gasteiger partial charge in [-0.1, -0.05) is 0 Å². The molecule has 0 spiro atoms. The molecule has 0 aliphatic rings. The van der Waals surface area contributed by atoms with E-state index >= 15 is 0 Å². The number of nitrogens with two attached hydrogens (primary N) is 1. The molecule has 0 atom stereocenters. The average Bonchev–Trinajstić information content (AvgIpc) is 2.90. The molecule has 3 nitrogen and oxygen atoms in total. The van der Waals surface area contributed by atoms with Crippen LogP contribution in [0.4, 0.5) is 18.9 Å². The highest BCUT2D eigenvalue weighted by atomic mass is 32.1. The summed E-state index contributed by atoms with van der Waals surface area (Å²) < 4.78 is 38.1. The second kappa shape index (κ2) is 5.77. The number of benzene rings is 1. The Morgan fingerprint density at radius 3 is 2.62 bits per heavy atom. The van der Waals surface area contributed by atoms with E-state index in [1.165, 1.54) is 23.3 Å². The Labute approximate surface area is 123 Å². The summed E-state index contributed by atoms with van der Waals surface area (Å²) in [5.41, 5.74) is 5.56. The molecule has 1 aromatic carbocycles. The van der Waals surface area contributed by atoms with E-state index in [9.17, 15) is 18.0 Å². The number of carbonyl (C=O) groups excluding carboxylic acids is 1. The highest BCUT2D eigenvalue weighted by molar-refractivity contribution is 7.07. The molecule has 0 fully saturated rings. The Balaban J connectivity index is 2.26. The van der Waals surface area contributed by atoms with Crippen molar-refractivity contribution in [1.82, 2.24) is 4.90 Å². The number of carbonyl (C=O) groups is 1. The highest BCUT2D eigenvalue weighted by Gasteiger charge is 2.32. The van der Waals surface area contributed by atoms with Gasteiger partial charge < -0.3 is 10.6 Å². The van der Waals surface area contributed by atoms with Crippen LogP contribution < -0.4 is 5.73 Å². The van der Waals surface area contributed by atoms with Crippen molar-refractivity contribution in [2.24, 2.45) is 0 Å². The summed E-state index contributed by atoms with van der Waals surface area (Å²) >= 11 is 1.49. The van der Waals surface area contributed by atoms with Crippen LogP contribution in [0.25, 0.3) is 0 Å². The number of hydrogen-bond acceptors (Lipinski definition) is 3. The van der Waals surface area contributed by atoms with Crippen molar-refractivity contribution >= 4 is 22.9 Å². The molecule has 1 heterocycles. The van der Waals surface area contributed by atoms with E-state index in [0.29, 0.717) is 6.54 Å². The van der Waals surface area contributed by atoms with Crippen LogP contribution in [0.3, 0.4) is 0 Å². The Morgan fingerprint density at radius 1 is 1.33 bits per heavy atom. The summed E-state index contributed by atoms with van der Waals surface area (Å²) in [5.74, 6) is -0.537. The second-order valence-corrected chi connectivity index (χ2v) is 5.37. The lowest BCUT2D eigenvalue weighted by Gasteiger charge is -2.18. The molecule has 0 radical (unpaired) electrons. The number of halogens is 3. The van der Waals surface area contributed by atoms with Gasteiger partial charge in [0, 0.05) is 19.3 Å². The molecular weight excluding hydrogens is 301 g/mol. The van der Waals surface area contributed by atoms with Gasteiger partial charge in [0.15, 0.2) is 0 Å². The maximum absolute atomic E-state index is 12.7. The summed E-state index contributed by atoms with van der Waals surface area (Å²) in [6.45, 7) is 0.317. The van der Waals surface area contributed by atoms with Crippen molar-refractivity contribution in [2.45, 2.75) is 12.7 Å². The Bertz CT molecular complexity index is 638. The minimum absolute atomic E-state index is 0.0326. The number of anilines is 1. The Hall–Kier alpha value is -2.02. The predicted molar refractivity (Wildman–Crippen MR) is 76.0 cm³/mol. The van der Waals surface area contributed by atoms with Crippen molar-refractivity contribution in [2.75, 3.05) is 12.8 Å². The van der Waals surface area contributed by atoms with Gasteiger partial charge in [-0.25, -0.2) is 0 Å². The van der Waals surface area contributed by atoms with Crippen LogP contribution in [0.15, 0.2) is 35.0 Å². The van der Waals surface area contributed by atoms with Crippen molar-refractivity contribution in [3.8, 4) is 0 Å². The molecule has 0 saturated heterocycles. The second-order valence-electron chi connectivity index (χ2n) is 4.59. The first-order chi connectivity index (χ1) is 9.79. The first kappa shape index (κ1) is 15.4. The lowest BCUT2D eigenvalue weighted by Crippen LogP contribution is -2.27. The first-order valence-electron chi connectivity index (χ1n) is 6.02. The summed E-state index contributed by atoms with van der Waals surface area (Å²) in [4.78, 5) is 13.6. The van der Waals surface area contributed by atoms with Crippen molar-refractivity contribution in [3.63, 3.8) is 0 Å². The van der Waals surface area contributed by atoms with E-state index in [0.717, 1.165) is 23.8 Å². The van der Waals surface area contributed by atoms with Crippen LogP contribution in [0, 0.1) is 0 Å². The first-order valence-corrected chi connectivity index (χ1v) is 6.96. The van der Waals surface area contributed by atoms with Gasteiger partial charge in [-0.15, -0.1) is 0 Å². The molecule has 0 aliphatic carbocycles. The van der Waals surface area contributed by atoms with E-state index in [1.807, 2.05) is 16.8 Å². The van der Waals surface area contributed by atoms with Crippen LogP contribution in [0.1, 0.15) is 21.5 Å². The fourth-order valence-corrected chi connectivity index (χ4v) is 2.51. The van der Waals surface area contributed by atoms with Gasteiger partial charge in [0.2, 0.25) is 0 Å². The third-order valence-corrected chi connectivity index (χ3v) is 3.69. The predicted octanol–water partition coefficient (Wildman–Crippen LogP) is 3.62. The smallest absolute Gasteiger partial charge is 0.398 e. The van der Waals surface area contributed by atoms with Gasteiger partial charge in [0.05, 0.1) is 11.1 Å². The number of nitrogen functional groups attached to an aromatic ring is 1.